The zero-order valence-electron chi connectivity index (χ0n) is 13.1. The van der Waals surface area contributed by atoms with Crippen molar-refractivity contribution in [2.45, 2.75) is 13.8 Å². The van der Waals surface area contributed by atoms with Gasteiger partial charge in [-0.25, -0.2) is 9.59 Å². The monoisotopic (exact) mass is 311 g/mol. The van der Waals surface area contributed by atoms with Gasteiger partial charge in [0.05, 0.1) is 5.52 Å². The van der Waals surface area contributed by atoms with Crippen LogP contribution in [0, 0.1) is 13.8 Å². The van der Waals surface area contributed by atoms with Crippen molar-refractivity contribution in [3.8, 4) is 0 Å². The summed E-state index contributed by atoms with van der Waals surface area (Å²) in [5, 5.41) is 5.50. The van der Waals surface area contributed by atoms with Gasteiger partial charge in [-0.1, -0.05) is 6.07 Å². The maximum Gasteiger partial charge on any atom is 0.419 e. The average Bonchev–Trinajstić information content (AvgIpc) is 2.77. The molecule has 0 aliphatic rings. The Morgan fingerprint density at radius 1 is 1.00 bits per heavy atom. The van der Waals surface area contributed by atoms with Crippen molar-refractivity contribution in [2.24, 2.45) is 7.05 Å². The van der Waals surface area contributed by atoms with E-state index in [1.807, 2.05) is 32.0 Å². The van der Waals surface area contributed by atoms with Gasteiger partial charge in [0.15, 0.2) is 5.58 Å². The number of carbonyl (C=O) groups is 1. The fourth-order valence-electron chi connectivity index (χ4n) is 2.32. The molecule has 0 radical (unpaired) electrons. The first-order valence-electron chi connectivity index (χ1n) is 7.19. The van der Waals surface area contributed by atoms with Crippen molar-refractivity contribution in [1.82, 2.24) is 4.57 Å². The number of rotatable bonds is 2. The maximum atomic E-state index is 12.1. The van der Waals surface area contributed by atoms with E-state index in [9.17, 15) is 9.59 Å². The highest BCUT2D eigenvalue weighted by atomic mass is 16.4. The third kappa shape index (κ3) is 2.96. The molecule has 2 aromatic carbocycles. The van der Waals surface area contributed by atoms with Crippen molar-refractivity contribution in [1.29, 1.82) is 0 Å². The van der Waals surface area contributed by atoms with Crippen molar-refractivity contribution < 1.29 is 9.21 Å². The molecule has 0 saturated carbocycles. The number of nitrogens with zero attached hydrogens (tertiary/aromatic N) is 1. The standard InChI is InChI=1S/C17H17N3O3/c1-10-4-5-12(8-11(10)2)18-16(21)19-13-6-7-14-15(9-13)23-17(22)20(14)3/h4-9H,1-3H3,(H2,18,19,21). The Labute approximate surface area is 132 Å². The molecular formula is C17H17N3O3. The minimum Gasteiger partial charge on any atom is -0.408 e. The third-order valence-corrected chi connectivity index (χ3v) is 3.81. The molecule has 0 bridgehead atoms. The maximum absolute atomic E-state index is 12.1. The molecule has 6 heteroatoms. The molecule has 6 nitrogen and oxygen atoms in total. The molecule has 0 atom stereocenters. The number of amides is 2. The van der Waals surface area contributed by atoms with Crippen LogP contribution in [0.1, 0.15) is 11.1 Å². The van der Waals surface area contributed by atoms with Crippen LogP contribution >= 0.6 is 0 Å². The summed E-state index contributed by atoms with van der Waals surface area (Å²) in [6.07, 6.45) is 0. The molecule has 3 rings (SSSR count). The summed E-state index contributed by atoms with van der Waals surface area (Å²) in [7, 11) is 1.63. The molecule has 23 heavy (non-hydrogen) atoms. The van der Waals surface area contributed by atoms with Gasteiger partial charge < -0.3 is 15.1 Å². The second-order valence-electron chi connectivity index (χ2n) is 5.49. The van der Waals surface area contributed by atoms with Crippen LogP contribution < -0.4 is 16.4 Å². The van der Waals surface area contributed by atoms with E-state index < -0.39 is 5.76 Å². The number of anilines is 2. The molecule has 118 valence electrons. The predicted octanol–water partition coefficient (Wildman–Crippen LogP) is 3.39. The van der Waals surface area contributed by atoms with E-state index in [-0.39, 0.29) is 6.03 Å². The number of hydrogen-bond acceptors (Lipinski definition) is 3. The minimum absolute atomic E-state index is 0.356. The van der Waals surface area contributed by atoms with E-state index in [0.29, 0.717) is 16.8 Å². The fraction of sp³-hybridized carbons (Fsp3) is 0.176. The number of benzene rings is 2. The number of fused-ring (bicyclic) bond motifs is 1. The molecule has 0 fully saturated rings. The molecule has 0 aliphatic heterocycles. The smallest absolute Gasteiger partial charge is 0.408 e. The van der Waals surface area contributed by atoms with E-state index in [2.05, 4.69) is 10.6 Å². The van der Waals surface area contributed by atoms with Gasteiger partial charge in [-0.05, 0) is 49.2 Å². The number of carbonyl (C=O) groups excluding carboxylic acids is 1. The number of nitrogens with one attached hydrogen (secondary N) is 2. The lowest BCUT2D eigenvalue weighted by molar-refractivity contribution is 0.262. The predicted molar refractivity (Wildman–Crippen MR) is 90.0 cm³/mol. The summed E-state index contributed by atoms with van der Waals surface area (Å²) in [5.41, 5.74) is 4.65. The number of oxazole rings is 1. The quantitative estimate of drug-likeness (QED) is 0.761. The van der Waals surface area contributed by atoms with E-state index in [4.69, 9.17) is 4.42 Å². The molecule has 2 N–H and O–H groups in total. The Morgan fingerprint density at radius 3 is 2.35 bits per heavy atom. The molecule has 1 heterocycles. The van der Waals surface area contributed by atoms with Gasteiger partial charge in [-0.2, -0.15) is 0 Å². The minimum atomic E-state index is -0.434. The summed E-state index contributed by atoms with van der Waals surface area (Å²) in [4.78, 5) is 23.5. The van der Waals surface area contributed by atoms with Crippen molar-refractivity contribution in [3.05, 3.63) is 58.1 Å². The summed E-state index contributed by atoms with van der Waals surface area (Å²) >= 11 is 0. The van der Waals surface area contributed by atoms with Crippen LogP contribution in [0.25, 0.3) is 11.1 Å². The summed E-state index contributed by atoms with van der Waals surface area (Å²) in [5.74, 6) is -0.434. The molecule has 0 saturated heterocycles. The lowest BCUT2D eigenvalue weighted by Crippen LogP contribution is -2.19. The van der Waals surface area contributed by atoms with Crippen LogP contribution in [-0.2, 0) is 7.05 Å². The second-order valence-corrected chi connectivity index (χ2v) is 5.49. The first kappa shape index (κ1) is 14.9. The Bertz CT molecular complexity index is 953. The first-order chi connectivity index (χ1) is 10.9. The van der Waals surface area contributed by atoms with E-state index in [1.54, 1.807) is 25.2 Å². The normalized spacial score (nSPS) is 10.7. The topological polar surface area (TPSA) is 76.3 Å². The Balaban J connectivity index is 1.77. The summed E-state index contributed by atoms with van der Waals surface area (Å²) in [6, 6.07) is 10.4. The second kappa shape index (κ2) is 5.64. The molecule has 0 spiro atoms. The lowest BCUT2D eigenvalue weighted by Gasteiger charge is -2.09. The van der Waals surface area contributed by atoms with Gasteiger partial charge in [-0.3, -0.25) is 4.57 Å². The van der Waals surface area contributed by atoms with Crippen molar-refractivity contribution >= 4 is 28.5 Å². The van der Waals surface area contributed by atoms with E-state index in [0.717, 1.165) is 11.3 Å². The Kier molecular flexibility index (Phi) is 3.65. The van der Waals surface area contributed by atoms with Crippen LogP contribution in [-0.4, -0.2) is 10.6 Å². The third-order valence-electron chi connectivity index (χ3n) is 3.81. The van der Waals surface area contributed by atoms with E-state index >= 15 is 0 Å². The zero-order chi connectivity index (χ0) is 16.6. The Hall–Kier alpha value is -3.02. The molecule has 0 aliphatic carbocycles. The summed E-state index contributed by atoms with van der Waals surface area (Å²) in [6.45, 7) is 4.01. The Morgan fingerprint density at radius 2 is 1.65 bits per heavy atom. The molecule has 0 unspecified atom stereocenters. The van der Waals surface area contributed by atoms with Crippen molar-refractivity contribution in [2.75, 3.05) is 10.6 Å². The highest BCUT2D eigenvalue weighted by Crippen LogP contribution is 2.19. The lowest BCUT2D eigenvalue weighted by atomic mass is 10.1. The highest BCUT2D eigenvalue weighted by molar-refractivity contribution is 6.00. The van der Waals surface area contributed by atoms with Gasteiger partial charge in [0.1, 0.15) is 0 Å². The number of aryl methyl sites for hydroxylation is 3. The van der Waals surface area contributed by atoms with E-state index in [1.165, 1.54) is 10.1 Å². The van der Waals surface area contributed by atoms with Gasteiger partial charge in [-0.15, -0.1) is 0 Å². The highest BCUT2D eigenvalue weighted by Gasteiger charge is 2.08. The molecule has 2 amide bonds. The van der Waals surface area contributed by atoms with Gasteiger partial charge in [0, 0.05) is 24.5 Å². The van der Waals surface area contributed by atoms with Gasteiger partial charge in [0.25, 0.3) is 0 Å². The van der Waals surface area contributed by atoms with Crippen LogP contribution in [0.2, 0.25) is 0 Å². The van der Waals surface area contributed by atoms with Crippen LogP contribution in [0.15, 0.2) is 45.6 Å². The first-order valence-corrected chi connectivity index (χ1v) is 7.19. The zero-order valence-corrected chi connectivity index (χ0v) is 13.1. The van der Waals surface area contributed by atoms with Crippen molar-refractivity contribution in [3.63, 3.8) is 0 Å². The van der Waals surface area contributed by atoms with Crippen LogP contribution in [0.3, 0.4) is 0 Å². The number of aromatic nitrogens is 1. The molecule has 1 aromatic heterocycles. The molecular weight excluding hydrogens is 294 g/mol. The average molecular weight is 311 g/mol. The largest absolute Gasteiger partial charge is 0.419 e. The molecule has 3 aromatic rings. The van der Waals surface area contributed by atoms with Gasteiger partial charge in [0.2, 0.25) is 0 Å². The van der Waals surface area contributed by atoms with Crippen LogP contribution in [0.5, 0.6) is 0 Å². The number of hydrogen-bond donors (Lipinski definition) is 2. The fourth-order valence-corrected chi connectivity index (χ4v) is 2.32. The van der Waals surface area contributed by atoms with Gasteiger partial charge >= 0.3 is 11.8 Å². The SMILES string of the molecule is Cc1ccc(NC(=O)Nc2ccc3c(c2)oc(=O)n3C)cc1C. The number of urea groups is 1. The summed E-state index contributed by atoms with van der Waals surface area (Å²) < 4.78 is 6.51. The van der Waals surface area contributed by atoms with Crippen LogP contribution in [0.4, 0.5) is 16.2 Å².